The Labute approximate surface area is 440 Å². The van der Waals surface area contributed by atoms with Crippen molar-refractivity contribution in [2.45, 2.75) is 124 Å². The summed E-state index contributed by atoms with van der Waals surface area (Å²) in [5.74, 6) is -0.465. The molecule has 0 spiro atoms. The van der Waals surface area contributed by atoms with Crippen molar-refractivity contribution >= 4 is 45.7 Å². The quantitative estimate of drug-likeness (QED) is 0.124. The van der Waals surface area contributed by atoms with E-state index in [-0.39, 0.29) is 55.0 Å². The Morgan fingerprint density at radius 1 is 1.01 bits per heavy atom. The second-order valence-electron chi connectivity index (χ2n) is 22.5. The molecule has 6 bridgehead atoms. The zero-order chi connectivity index (χ0) is 51.8. The van der Waals surface area contributed by atoms with Gasteiger partial charge in [0.25, 0.3) is 5.91 Å². The summed E-state index contributed by atoms with van der Waals surface area (Å²) in [7, 11) is 1.73. The van der Waals surface area contributed by atoms with Crippen LogP contribution in [0.15, 0.2) is 35.8 Å². The molecule has 3 aromatic heterocycles. The van der Waals surface area contributed by atoms with E-state index in [1.807, 2.05) is 18.5 Å². The highest BCUT2D eigenvalue weighted by molar-refractivity contribution is 7.10. The van der Waals surface area contributed by atoms with Crippen LogP contribution in [-0.4, -0.2) is 153 Å². The standard InChI is InChI=1S/C56H78N8O9S/c1-9-71-51-49(59-52(65)47-34(4)46(47)33(2)3)54(66)64-16-10-11-43(60-64)55(67)73-32-56(6,7)27-42-40-25-36(44-31-74-53(51)58-44)12-13-45(40)63(21-24-72-39-14-22-69-23-15-39)50(42)41-26-37(28-57-48(41)35(5)68-8)61-17-19-62(20-18-61)38-29-70-30-38/h12-13,25-26,28,31,33-35,38-39,43,46-47,49,51,60H,9-11,14-24,27,29-30,32H2,1-8H3,(H,59,65)/t34-,35-,43-,46+,47+,49-,51-/m0/s1. The molecule has 4 saturated heterocycles. The number of benzene rings is 1. The van der Waals surface area contributed by atoms with Crippen LogP contribution in [0.1, 0.15) is 103 Å². The van der Waals surface area contributed by atoms with Gasteiger partial charge in [-0.1, -0.05) is 40.7 Å². The van der Waals surface area contributed by atoms with Crippen molar-refractivity contribution in [2.75, 3.05) is 91.0 Å². The number of nitrogens with zero attached hydrogens (tertiary/aromatic N) is 6. The predicted octanol–water partition coefficient (Wildman–Crippen LogP) is 6.97. The van der Waals surface area contributed by atoms with Crippen molar-refractivity contribution in [3.05, 3.63) is 52.1 Å². The average molecular weight is 1040 g/mol. The summed E-state index contributed by atoms with van der Waals surface area (Å²) in [5.41, 5.74) is 10.3. The fourth-order valence-electron chi connectivity index (χ4n) is 12.2. The molecule has 18 heteroatoms. The van der Waals surface area contributed by atoms with E-state index in [1.165, 1.54) is 16.3 Å². The number of anilines is 1. The summed E-state index contributed by atoms with van der Waals surface area (Å²) in [5, 5.41) is 8.29. The maximum Gasteiger partial charge on any atom is 0.324 e. The number of methoxy groups -OCH3 is 1. The SMILES string of the molecule is CCO[C@@H]1c2nc(cs2)-c2ccc3c(c2)c(c(-c2cc(N4CCN(C5COC5)CC4)cnc2[C@H](C)OC)n3CCOC2CCOCC2)CC(C)(C)COC(=O)[C@@H]2CCCN(N2)C(=O)[C@H]1NC(=O)[C@@H]1[C@@H](C)[C@H]1C(C)C. The third kappa shape index (κ3) is 11.0. The number of ether oxygens (including phenoxy) is 6. The molecule has 10 rings (SSSR count). The van der Waals surface area contributed by atoms with E-state index in [9.17, 15) is 14.4 Å². The van der Waals surface area contributed by atoms with E-state index in [0.29, 0.717) is 69.1 Å². The number of nitrogens with one attached hydrogen (secondary N) is 2. The number of hydrogen-bond acceptors (Lipinski definition) is 15. The molecule has 402 valence electrons. The third-order valence-electron chi connectivity index (χ3n) is 16.5. The highest BCUT2D eigenvalue weighted by Gasteiger charge is 2.54. The van der Waals surface area contributed by atoms with Gasteiger partial charge in [-0.25, -0.2) is 10.4 Å². The van der Waals surface area contributed by atoms with Crippen LogP contribution in [0.3, 0.4) is 0 Å². The van der Waals surface area contributed by atoms with Crippen LogP contribution in [0.2, 0.25) is 0 Å². The molecule has 4 aromatic rings. The molecule has 7 atom stereocenters. The number of thiazole rings is 1. The second-order valence-corrected chi connectivity index (χ2v) is 23.4. The number of hydrogen-bond donors (Lipinski definition) is 2. The van der Waals surface area contributed by atoms with Crippen LogP contribution in [-0.2, 0) is 55.8 Å². The zero-order valence-electron chi connectivity index (χ0n) is 44.7. The van der Waals surface area contributed by atoms with Gasteiger partial charge in [0.15, 0.2) is 0 Å². The third-order valence-corrected chi connectivity index (χ3v) is 17.4. The topological polar surface area (TPSA) is 171 Å². The molecule has 0 unspecified atom stereocenters. The molecule has 1 aliphatic carbocycles. The minimum absolute atomic E-state index is 0.117. The predicted molar refractivity (Wildman–Crippen MR) is 283 cm³/mol. The lowest BCUT2D eigenvalue weighted by atomic mass is 9.84. The van der Waals surface area contributed by atoms with Crippen molar-refractivity contribution in [1.82, 2.24) is 35.2 Å². The molecule has 5 fully saturated rings. The van der Waals surface area contributed by atoms with Gasteiger partial charge in [0.1, 0.15) is 23.2 Å². The molecule has 5 aliphatic heterocycles. The van der Waals surface area contributed by atoms with Crippen molar-refractivity contribution < 1.29 is 42.8 Å². The lowest BCUT2D eigenvalue weighted by molar-refractivity contribution is -0.156. The first-order valence-corrected chi connectivity index (χ1v) is 28.2. The molecular weight excluding hydrogens is 961 g/mol. The van der Waals surface area contributed by atoms with Crippen LogP contribution in [0.4, 0.5) is 5.69 Å². The van der Waals surface area contributed by atoms with Crippen LogP contribution >= 0.6 is 11.3 Å². The van der Waals surface area contributed by atoms with Crippen LogP contribution in [0.25, 0.3) is 33.4 Å². The van der Waals surface area contributed by atoms with Crippen LogP contribution in [0.5, 0.6) is 0 Å². The maximum absolute atomic E-state index is 14.9. The van der Waals surface area contributed by atoms with E-state index in [2.05, 4.69) is 90.9 Å². The van der Waals surface area contributed by atoms with Crippen molar-refractivity contribution in [1.29, 1.82) is 0 Å². The Kier molecular flexibility index (Phi) is 16.1. The normalized spacial score (nSPS) is 26.7. The minimum Gasteiger partial charge on any atom is -0.464 e. The highest BCUT2D eigenvalue weighted by Crippen LogP contribution is 2.51. The number of rotatable bonds is 14. The number of amides is 2. The Hall–Kier alpha value is -4.53. The minimum atomic E-state index is -1.11. The number of piperazine rings is 1. The second kappa shape index (κ2) is 22.6. The average Bonchev–Trinajstić information content (AvgIpc) is 3.68. The van der Waals surface area contributed by atoms with Gasteiger partial charge in [-0.15, -0.1) is 11.3 Å². The molecule has 1 aromatic carbocycles. The molecule has 2 amide bonds. The molecule has 2 N–H and O–H groups in total. The molecule has 0 radical (unpaired) electrons. The summed E-state index contributed by atoms with van der Waals surface area (Å²) in [6.07, 6.45) is 4.23. The Morgan fingerprint density at radius 3 is 2.50 bits per heavy atom. The first-order valence-electron chi connectivity index (χ1n) is 27.3. The number of fused-ring (bicyclic) bond motifs is 6. The summed E-state index contributed by atoms with van der Waals surface area (Å²) < 4.78 is 39.2. The van der Waals surface area contributed by atoms with Gasteiger partial charge in [0, 0.05) is 105 Å². The number of carbonyl (C=O) groups is 3. The van der Waals surface area contributed by atoms with E-state index in [0.717, 1.165) is 103 Å². The fraction of sp³-hybridized carbons (Fsp3) is 0.661. The number of pyridine rings is 1. The lowest BCUT2D eigenvalue weighted by Crippen LogP contribution is -2.61. The number of hydrazine groups is 1. The first kappa shape index (κ1) is 52.9. The van der Waals surface area contributed by atoms with Gasteiger partial charge in [-0.05, 0) is 87.5 Å². The molecule has 17 nitrogen and oxygen atoms in total. The number of cyclic esters (lactones) is 1. The van der Waals surface area contributed by atoms with Crippen molar-refractivity contribution in [3.63, 3.8) is 0 Å². The molecular formula is C56H78N8O9S. The van der Waals surface area contributed by atoms with Crippen LogP contribution in [0, 0.1) is 29.1 Å². The monoisotopic (exact) mass is 1040 g/mol. The van der Waals surface area contributed by atoms with Gasteiger partial charge in [0.05, 0.1) is 73.6 Å². The van der Waals surface area contributed by atoms with E-state index < -0.39 is 29.6 Å². The molecule has 1 saturated carbocycles. The van der Waals surface area contributed by atoms with E-state index >= 15 is 0 Å². The summed E-state index contributed by atoms with van der Waals surface area (Å²) >= 11 is 1.42. The van der Waals surface area contributed by atoms with Crippen molar-refractivity contribution in [3.8, 4) is 22.5 Å². The van der Waals surface area contributed by atoms with E-state index in [4.69, 9.17) is 38.4 Å². The Bertz CT molecular complexity index is 2640. The fourth-order valence-corrected chi connectivity index (χ4v) is 13.1. The maximum atomic E-state index is 14.9. The highest BCUT2D eigenvalue weighted by atomic mass is 32.1. The largest absolute Gasteiger partial charge is 0.464 e. The number of esters is 1. The Balaban J connectivity index is 1.11. The smallest absolute Gasteiger partial charge is 0.324 e. The van der Waals surface area contributed by atoms with Gasteiger partial charge in [-0.3, -0.25) is 29.3 Å². The first-order chi connectivity index (χ1) is 35.7. The number of carbonyl (C=O) groups excluding carboxylic acids is 3. The molecule has 6 aliphatic rings. The summed E-state index contributed by atoms with van der Waals surface area (Å²) in [6, 6.07) is 7.46. The van der Waals surface area contributed by atoms with Gasteiger partial charge in [0.2, 0.25) is 5.91 Å². The van der Waals surface area contributed by atoms with Crippen LogP contribution < -0.4 is 15.6 Å². The lowest BCUT2D eigenvalue weighted by Gasteiger charge is -2.43. The van der Waals surface area contributed by atoms with Crippen molar-refractivity contribution in [2.24, 2.45) is 29.1 Å². The van der Waals surface area contributed by atoms with E-state index in [1.54, 1.807) is 7.11 Å². The summed E-state index contributed by atoms with van der Waals surface area (Å²) in [6.45, 7) is 23.1. The zero-order valence-corrected chi connectivity index (χ0v) is 45.5. The van der Waals surface area contributed by atoms with Gasteiger partial charge >= 0.3 is 5.97 Å². The Morgan fingerprint density at radius 2 is 1.80 bits per heavy atom. The van der Waals surface area contributed by atoms with Gasteiger partial charge in [-0.2, -0.15) is 0 Å². The van der Waals surface area contributed by atoms with Gasteiger partial charge < -0.3 is 43.2 Å². The number of aromatic nitrogens is 3. The summed E-state index contributed by atoms with van der Waals surface area (Å²) in [4.78, 5) is 58.9. The molecule has 8 heterocycles. The molecule has 74 heavy (non-hydrogen) atoms.